The molecule has 2 aromatic carbocycles. The average molecular weight is 341 g/mol. The van der Waals surface area contributed by atoms with E-state index in [1.807, 2.05) is 31.2 Å². The predicted octanol–water partition coefficient (Wildman–Crippen LogP) is 2.13. The van der Waals surface area contributed by atoms with Crippen LogP contribution in [0.5, 0.6) is 0 Å². The van der Waals surface area contributed by atoms with E-state index in [-0.39, 0.29) is 23.7 Å². The van der Waals surface area contributed by atoms with Gasteiger partial charge < -0.3 is 9.73 Å². The summed E-state index contributed by atoms with van der Waals surface area (Å²) in [4.78, 5) is 34.3. The Morgan fingerprint density at radius 3 is 2.76 bits per heavy atom. The van der Waals surface area contributed by atoms with E-state index in [9.17, 15) is 19.7 Å². The van der Waals surface area contributed by atoms with Gasteiger partial charge in [-0.25, -0.2) is 4.79 Å². The third kappa shape index (κ3) is 3.42. The number of aromatic nitrogens is 1. The van der Waals surface area contributed by atoms with Crippen molar-refractivity contribution in [2.45, 2.75) is 20.0 Å². The number of amides is 1. The largest absolute Gasteiger partial charge is 0.420 e. The molecule has 0 bridgehead atoms. The Morgan fingerprint density at radius 1 is 1.28 bits per heavy atom. The smallest absolute Gasteiger partial charge is 0.407 e. The van der Waals surface area contributed by atoms with Crippen LogP contribution in [-0.2, 0) is 17.9 Å². The van der Waals surface area contributed by atoms with Crippen molar-refractivity contribution in [3.8, 4) is 0 Å². The predicted molar refractivity (Wildman–Crippen MR) is 90.2 cm³/mol. The lowest BCUT2D eigenvalue weighted by atomic mass is 10.1. The highest BCUT2D eigenvalue weighted by Crippen LogP contribution is 2.19. The van der Waals surface area contributed by atoms with Crippen molar-refractivity contribution in [2.75, 3.05) is 0 Å². The van der Waals surface area contributed by atoms with Crippen LogP contribution < -0.4 is 11.1 Å². The Bertz CT molecular complexity index is 1020. The Kier molecular flexibility index (Phi) is 4.34. The zero-order chi connectivity index (χ0) is 18.0. The highest BCUT2D eigenvalue weighted by molar-refractivity contribution is 5.80. The molecule has 1 heterocycles. The second kappa shape index (κ2) is 6.60. The maximum absolute atomic E-state index is 12.1. The van der Waals surface area contributed by atoms with Crippen LogP contribution in [0.25, 0.3) is 11.1 Å². The fraction of sp³-hybridized carbons (Fsp3) is 0.176. The van der Waals surface area contributed by atoms with E-state index in [0.29, 0.717) is 12.1 Å². The van der Waals surface area contributed by atoms with Gasteiger partial charge in [0.15, 0.2) is 5.58 Å². The molecule has 0 aliphatic heterocycles. The van der Waals surface area contributed by atoms with Gasteiger partial charge in [0.05, 0.1) is 16.5 Å². The molecule has 0 saturated heterocycles. The van der Waals surface area contributed by atoms with Gasteiger partial charge in [-0.15, -0.1) is 0 Å². The first kappa shape index (κ1) is 16.4. The lowest BCUT2D eigenvalue weighted by Crippen LogP contribution is -2.30. The lowest BCUT2D eigenvalue weighted by Gasteiger charge is -2.08. The second-order valence-corrected chi connectivity index (χ2v) is 5.57. The Morgan fingerprint density at radius 2 is 2.04 bits per heavy atom. The number of rotatable bonds is 5. The molecule has 128 valence electrons. The Balaban J connectivity index is 1.77. The van der Waals surface area contributed by atoms with Crippen molar-refractivity contribution in [2.24, 2.45) is 0 Å². The minimum atomic E-state index is -0.735. The molecule has 0 spiro atoms. The first-order valence-electron chi connectivity index (χ1n) is 7.54. The van der Waals surface area contributed by atoms with Crippen molar-refractivity contribution in [1.82, 2.24) is 9.88 Å². The van der Waals surface area contributed by atoms with Gasteiger partial charge >= 0.3 is 5.76 Å². The molecule has 8 heteroatoms. The van der Waals surface area contributed by atoms with Crippen LogP contribution in [0.3, 0.4) is 0 Å². The van der Waals surface area contributed by atoms with E-state index in [2.05, 4.69) is 5.32 Å². The monoisotopic (exact) mass is 341 g/mol. The van der Waals surface area contributed by atoms with E-state index >= 15 is 0 Å². The Labute approximate surface area is 141 Å². The van der Waals surface area contributed by atoms with E-state index in [1.54, 1.807) is 0 Å². The molecule has 0 atom stereocenters. The molecular formula is C17H15N3O5. The summed E-state index contributed by atoms with van der Waals surface area (Å²) >= 11 is 0. The summed E-state index contributed by atoms with van der Waals surface area (Å²) < 4.78 is 6.14. The number of hydrogen-bond donors (Lipinski definition) is 1. The van der Waals surface area contributed by atoms with Gasteiger partial charge in [-0.2, -0.15) is 0 Å². The zero-order valence-corrected chi connectivity index (χ0v) is 13.4. The molecule has 1 aromatic heterocycles. The van der Waals surface area contributed by atoms with Crippen molar-refractivity contribution >= 4 is 22.7 Å². The minimum Gasteiger partial charge on any atom is -0.407 e. The quantitative estimate of drug-likeness (QED) is 0.565. The fourth-order valence-corrected chi connectivity index (χ4v) is 2.52. The molecule has 0 aliphatic rings. The molecule has 3 aromatic rings. The number of nitrogens with one attached hydrogen (secondary N) is 1. The number of hydrogen-bond acceptors (Lipinski definition) is 5. The summed E-state index contributed by atoms with van der Waals surface area (Å²) in [5.74, 6) is -1.09. The van der Waals surface area contributed by atoms with Gasteiger partial charge in [-0.05, 0) is 24.1 Å². The van der Waals surface area contributed by atoms with Crippen molar-refractivity contribution in [1.29, 1.82) is 0 Å². The molecule has 1 N–H and O–H groups in total. The van der Waals surface area contributed by atoms with Crippen LogP contribution in [0.2, 0.25) is 0 Å². The minimum absolute atomic E-state index is 0.0749. The third-order valence-electron chi connectivity index (χ3n) is 3.90. The summed E-state index contributed by atoms with van der Waals surface area (Å²) in [6.45, 7) is 2.07. The molecule has 25 heavy (non-hydrogen) atoms. The SMILES string of the molecule is Cc1ccccc1CNC(=O)Cn1c(=O)oc2cc([N+](=O)[O-])ccc21. The van der Waals surface area contributed by atoms with Crippen LogP contribution >= 0.6 is 0 Å². The summed E-state index contributed by atoms with van der Waals surface area (Å²) in [5, 5.41) is 13.5. The number of carbonyl (C=O) groups excluding carboxylic acids is 1. The molecule has 8 nitrogen and oxygen atoms in total. The molecule has 0 unspecified atom stereocenters. The molecular weight excluding hydrogens is 326 g/mol. The first-order valence-corrected chi connectivity index (χ1v) is 7.54. The van der Waals surface area contributed by atoms with Crippen molar-refractivity contribution in [3.63, 3.8) is 0 Å². The van der Waals surface area contributed by atoms with E-state index in [0.717, 1.165) is 15.7 Å². The van der Waals surface area contributed by atoms with Crippen LogP contribution in [0.4, 0.5) is 5.69 Å². The highest BCUT2D eigenvalue weighted by atomic mass is 16.6. The number of nitro groups is 1. The molecule has 3 rings (SSSR count). The lowest BCUT2D eigenvalue weighted by molar-refractivity contribution is -0.384. The number of carbonyl (C=O) groups is 1. The maximum Gasteiger partial charge on any atom is 0.420 e. The number of non-ortho nitro benzene ring substituents is 1. The van der Waals surface area contributed by atoms with Gasteiger partial charge in [0.2, 0.25) is 5.91 Å². The number of fused-ring (bicyclic) bond motifs is 1. The van der Waals surface area contributed by atoms with Gasteiger partial charge in [0.1, 0.15) is 6.54 Å². The number of nitrogens with zero attached hydrogens (tertiary/aromatic N) is 2. The Hall–Kier alpha value is -3.42. The van der Waals surface area contributed by atoms with E-state index in [4.69, 9.17) is 4.42 Å². The summed E-state index contributed by atoms with van der Waals surface area (Å²) in [6.07, 6.45) is 0. The first-order chi connectivity index (χ1) is 12.0. The molecule has 0 saturated carbocycles. The second-order valence-electron chi connectivity index (χ2n) is 5.57. The number of nitro benzene ring substituents is 1. The van der Waals surface area contributed by atoms with Gasteiger partial charge in [0, 0.05) is 12.6 Å². The van der Waals surface area contributed by atoms with Crippen molar-refractivity contribution < 1.29 is 14.1 Å². The standard InChI is InChI=1S/C17H15N3O5/c1-11-4-2-3-5-12(11)9-18-16(21)10-19-14-7-6-13(20(23)24)8-15(14)25-17(19)22/h2-8H,9-10H2,1H3,(H,18,21). The van der Waals surface area contributed by atoms with E-state index < -0.39 is 10.7 Å². The van der Waals surface area contributed by atoms with Crippen LogP contribution in [0.1, 0.15) is 11.1 Å². The van der Waals surface area contributed by atoms with Crippen molar-refractivity contribution in [3.05, 3.63) is 74.3 Å². The molecule has 1 amide bonds. The number of aryl methyl sites for hydroxylation is 1. The molecule has 0 fully saturated rings. The fourth-order valence-electron chi connectivity index (χ4n) is 2.52. The summed E-state index contributed by atoms with van der Waals surface area (Å²) in [7, 11) is 0. The molecule has 0 radical (unpaired) electrons. The summed E-state index contributed by atoms with van der Waals surface area (Å²) in [5.41, 5.74) is 2.27. The topological polar surface area (TPSA) is 107 Å². The third-order valence-corrected chi connectivity index (χ3v) is 3.90. The summed E-state index contributed by atoms with van der Waals surface area (Å²) in [6, 6.07) is 11.5. The maximum atomic E-state index is 12.1. The van der Waals surface area contributed by atoms with Gasteiger partial charge in [-0.3, -0.25) is 19.5 Å². The van der Waals surface area contributed by atoms with E-state index in [1.165, 1.54) is 18.2 Å². The zero-order valence-electron chi connectivity index (χ0n) is 13.4. The van der Waals surface area contributed by atoms with Crippen LogP contribution in [0, 0.1) is 17.0 Å². The van der Waals surface area contributed by atoms with Crippen LogP contribution in [-0.4, -0.2) is 15.4 Å². The molecule has 0 aliphatic carbocycles. The number of benzene rings is 2. The highest BCUT2D eigenvalue weighted by Gasteiger charge is 2.16. The average Bonchev–Trinajstić information content (AvgIpc) is 2.89. The van der Waals surface area contributed by atoms with Gasteiger partial charge in [-0.1, -0.05) is 24.3 Å². The van der Waals surface area contributed by atoms with Gasteiger partial charge in [0.25, 0.3) is 5.69 Å². The number of oxazole rings is 1. The van der Waals surface area contributed by atoms with Crippen LogP contribution in [0.15, 0.2) is 51.7 Å². The normalized spacial score (nSPS) is 10.8.